The van der Waals surface area contributed by atoms with E-state index >= 15 is 0 Å². The summed E-state index contributed by atoms with van der Waals surface area (Å²) < 4.78 is 4.07. The maximum atomic E-state index is 4.31. The number of hydrogen-bond donors (Lipinski definition) is 1. The van der Waals surface area contributed by atoms with Gasteiger partial charge in [0, 0.05) is 38.6 Å². The molecule has 0 bridgehead atoms. The minimum absolute atomic E-state index is 0.838. The number of hydrogen-bond acceptors (Lipinski definition) is 3. The van der Waals surface area contributed by atoms with Gasteiger partial charge >= 0.3 is 0 Å². The fraction of sp³-hybridized carbons (Fsp3) is 0.538. The number of nitrogens with one attached hydrogen (secondary N) is 1. The van der Waals surface area contributed by atoms with E-state index in [9.17, 15) is 0 Å². The first-order valence-electron chi connectivity index (χ1n) is 6.57. The summed E-state index contributed by atoms with van der Waals surface area (Å²) in [4.78, 5) is 0. The maximum absolute atomic E-state index is 4.31. The largest absolute Gasteiger partial charge is 0.306 e. The van der Waals surface area contributed by atoms with Crippen molar-refractivity contribution in [3.63, 3.8) is 0 Å². The molecule has 0 aliphatic heterocycles. The second-order valence-corrected chi connectivity index (χ2v) is 4.29. The van der Waals surface area contributed by atoms with Crippen LogP contribution in [0.5, 0.6) is 0 Å². The van der Waals surface area contributed by atoms with Gasteiger partial charge in [0.25, 0.3) is 0 Å². The highest BCUT2D eigenvalue weighted by Crippen LogP contribution is 2.02. The monoisotopic (exact) mass is 247 g/mol. The Bertz CT molecular complexity index is 471. The highest BCUT2D eigenvalue weighted by molar-refractivity contribution is 5.03. The van der Waals surface area contributed by atoms with E-state index in [1.165, 1.54) is 11.4 Å². The molecule has 1 N–H and O–H groups in total. The Morgan fingerprint density at radius 2 is 1.61 bits per heavy atom. The molecule has 0 aliphatic carbocycles. The molecule has 0 unspecified atom stereocenters. The van der Waals surface area contributed by atoms with Gasteiger partial charge in [-0.2, -0.15) is 10.2 Å². The van der Waals surface area contributed by atoms with Crippen molar-refractivity contribution in [2.75, 3.05) is 0 Å². The van der Waals surface area contributed by atoms with Gasteiger partial charge in [-0.05, 0) is 25.5 Å². The van der Waals surface area contributed by atoms with Gasteiger partial charge in [0.1, 0.15) is 0 Å². The minimum atomic E-state index is 0.838. The third kappa shape index (κ3) is 2.98. The van der Waals surface area contributed by atoms with Crippen LogP contribution in [-0.4, -0.2) is 19.6 Å². The third-order valence-electron chi connectivity index (χ3n) is 2.96. The lowest BCUT2D eigenvalue weighted by molar-refractivity contribution is 0.535. The number of aryl methyl sites for hydroxylation is 2. The van der Waals surface area contributed by atoms with Crippen molar-refractivity contribution in [3.05, 3.63) is 35.9 Å². The molecule has 0 fully saturated rings. The number of aromatic nitrogens is 4. The van der Waals surface area contributed by atoms with Crippen molar-refractivity contribution >= 4 is 0 Å². The standard InChI is InChI=1S/C13H21N5/c1-3-9-18-13(6-8-16-18)11-14-10-12-5-7-15-17(12)4-2/h5-8,14H,3-4,9-11H2,1-2H3. The van der Waals surface area contributed by atoms with Gasteiger partial charge in [-0.1, -0.05) is 6.92 Å². The zero-order valence-electron chi connectivity index (χ0n) is 11.1. The molecule has 0 saturated heterocycles. The molecule has 0 atom stereocenters. The summed E-state index contributed by atoms with van der Waals surface area (Å²) in [7, 11) is 0. The Morgan fingerprint density at radius 3 is 2.22 bits per heavy atom. The highest BCUT2D eigenvalue weighted by Gasteiger charge is 2.03. The third-order valence-corrected chi connectivity index (χ3v) is 2.96. The molecule has 0 radical (unpaired) electrons. The molecule has 5 nitrogen and oxygen atoms in total. The lowest BCUT2D eigenvalue weighted by Gasteiger charge is -2.08. The van der Waals surface area contributed by atoms with Crippen LogP contribution in [0.3, 0.4) is 0 Å². The molecule has 0 amide bonds. The Labute approximate surface area is 108 Å². The zero-order valence-corrected chi connectivity index (χ0v) is 11.1. The summed E-state index contributed by atoms with van der Waals surface area (Å²) in [6.45, 7) is 7.85. The minimum Gasteiger partial charge on any atom is -0.306 e. The Hall–Kier alpha value is -1.62. The quantitative estimate of drug-likeness (QED) is 0.811. The van der Waals surface area contributed by atoms with Gasteiger partial charge in [-0.25, -0.2) is 0 Å². The molecule has 2 heterocycles. The van der Waals surface area contributed by atoms with Crippen molar-refractivity contribution in [3.8, 4) is 0 Å². The van der Waals surface area contributed by atoms with E-state index in [1.807, 2.05) is 17.1 Å². The first-order valence-corrected chi connectivity index (χ1v) is 6.57. The summed E-state index contributed by atoms with van der Waals surface area (Å²) >= 11 is 0. The van der Waals surface area contributed by atoms with E-state index < -0.39 is 0 Å². The SMILES string of the molecule is CCCn1nccc1CNCc1ccnn1CC. The fourth-order valence-corrected chi connectivity index (χ4v) is 2.04. The van der Waals surface area contributed by atoms with Crippen LogP contribution < -0.4 is 5.32 Å². The van der Waals surface area contributed by atoms with E-state index in [2.05, 4.69) is 46.2 Å². The zero-order chi connectivity index (χ0) is 12.8. The van der Waals surface area contributed by atoms with Crippen LogP contribution in [0.1, 0.15) is 31.7 Å². The predicted molar refractivity (Wildman–Crippen MR) is 71.0 cm³/mol. The van der Waals surface area contributed by atoms with Crippen LogP contribution in [-0.2, 0) is 26.2 Å². The smallest absolute Gasteiger partial charge is 0.0522 e. The second kappa shape index (κ2) is 6.35. The molecule has 2 aromatic rings. The molecule has 2 aromatic heterocycles. The Kier molecular flexibility index (Phi) is 4.52. The van der Waals surface area contributed by atoms with Crippen LogP contribution in [0.4, 0.5) is 0 Å². The van der Waals surface area contributed by atoms with Crippen molar-refractivity contribution in [1.29, 1.82) is 0 Å². The normalized spacial score (nSPS) is 11.0. The summed E-state index contributed by atoms with van der Waals surface area (Å²) in [6, 6.07) is 4.12. The van der Waals surface area contributed by atoms with Crippen LogP contribution in [0.15, 0.2) is 24.5 Å². The summed E-state index contributed by atoms with van der Waals surface area (Å²) in [5.41, 5.74) is 2.46. The van der Waals surface area contributed by atoms with Crippen molar-refractivity contribution < 1.29 is 0 Å². The predicted octanol–water partition coefficient (Wildman–Crippen LogP) is 1.80. The number of rotatable bonds is 7. The van der Waals surface area contributed by atoms with Crippen molar-refractivity contribution in [2.24, 2.45) is 0 Å². The topological polar surface area (TPSA) is 47.7 Å². The maximum Gasteiger partial charge on any atom is 0.0522 e. The van der Waals surface area contributed by atoms with Gasteiger partial charge in [-0.15, -0.1) is 0 Å². The molecular weight excluding hydrogens is 226 g/mol. The lowest BCUT2D eigenvalue weighted by Crippen LogP contribution is -2.18. The molecule has 0 saturated carbocycles. The molecule has 98 valence electrons. The van der Waals surface area contributed by atoms with Crippen molar-refractivity contribution in [2.45, 2.75) is 46.4 Å². The summed E-state index contributed by atoms with van der Waals surface area (Å²) in [5.74, 6) is 0. The van der Waals surface area contributed by atoms with E-state index in [-0.39, 0.29) is 0 Å². The van der Waals surface area contributed by atoms with Gasteiger partial charge in [0.05, 0.1) is 11.4 Å². The van der Waals surface area contributed by atoms with E-state index in [0.29, 0.717) is 0 Å². The first-order chi connectivity index (χ1) is 8.85. The average molecular weight is 247 g/mol. The van der Waals surface area contributed by atoms with Gasteiger partial charge in [-0.3, -0.25) is 9.36 Å². The molecule has 0 spiro atoms. The summed E-state index contributed by atoms with van der Waals surface area (Å²) in [5, 5.41) is 12.0. The lowest BCUT2D eigenvalue weighted by atomic mass is 10.3. The van der Waals surface area contributed by atoms with E-state index in [4.69, 9.17) is 0 Å². The Balaban J connectivity index is 1.86. The van der Waals surface area contributed by atoms with E-state index in [0.717, 1.165) is 32.6 Å². The van der Waals surface area contributed by atoms with Crippen LogP contribution >= 0.6 is 0 Å². The van der Waals surface area contributed by atoms with Gasteiger partial charge < -0.3 is 5.32 Å². The van der Waals surface area contributed by atoms with E-state index in [1.54, 1.807) is 0 Å². The average Bonchev–Trinajstić information content (AvgIpc) is 2.99. The second-order valence-electron chi connectivity index (χ2n) is 4.29. The van der Waals surface area contributed by atoms with Crippen LogP contribution in [0.25, 0.3) is 0 Å². The molecule has 2 rings (SSSR count). The molecule has 18 heavy (non-hydrogen) atoms. The van der Waals surface area contributed by atoms with Crippen molar-refractivity contribution in [1.82, 2.24) is 24.9 Å². The van der Waals surface area contributed by atoms with Gasteiger partial charge in [0.2, 0.25) is 0 Å². The van der Waals surface area contributed by atoms with Crippen LogP contribution in [0.2, 0.25) is 0 Å². The van der Waals surface area contributed by atoms with Gasteiger partial charge in [0.15, 0.2) is 0 Å². The summed E-state index contributed by atoms with van der Waals surface area (Å²) in [6.07, 6.45) is 4.82. The highest BCUT2D eigenvalue weighted by atomic mass is 15.3. The Morgan fingerprint density at radius 1 is 1.00 bits per heavy atom. The first kappa shape index (κ1) is 12.8. The molecule has 5 heteroatoms. The fourth-order valence-electron chi connectivity index (χ4n) is 2.04. The molecular formula is C13H21N5. The number of nitrogens with zero attached hydrogens (tertiary/aromatic N) is 4. The van der Waals surface area contributed by atoms with Crippen LogP contribution in [0, 0.1) is 0 Å². The molecule has 0 aliphatic rings. The molecule has 0 aromatic carbocycles.